The normalized spacial score (nSPS) is 15.4. The molecule has 3 aliphatic heterocycles. The molecule has 3 aliphatic rings. The van der Waals surface area contributed by atoms with E-state index in [1.807, 2.05) is 236 Å². The minimum atomic E-state index is -1.77. The average molecular weight is 1430 g/mol. The minimum Gasteiger partial charge on any atom is -0.309 e. The number of anilines is 3. The zero-order valence-electron chi connectivity index (χ0n) is 82.0. The predicted octanol–water partition coefficient (Wildman–Crippen LogP) is 26.3. The lowest BCUT2D eigenvalue weighted by atomic mass is 9.33. The van der Waals surface area contributed by atoms with Gasteiger partial charge in [0.1, 0.15) is 0 Å². The summed E-state index contributed by atoms with van der Waals surface area (Å²) in [5.74, 6) is 0. The lowest BCUT2D eigenvalue weighted by Crippen LogP contribution is -2.61. The van der Waals surface area contributed by atoms with E-state index in [0.29, 0.717) is 82.6 Å². The first-order valence-corrected chi connectivity index (χ1v) is 37.1. The Morgan fingerprint density at radius 2 is 0.721 bits per heavy atom. The Kier molecular flexibility index (Phi) is 9.83. The second-order valence-electron chi connectivity index (χ2n) is 29.6. The summed E-state index contributed by atoms with van der Waals surface area (Å²) in [4.78, 5) is 1.94. The molecule has 2 bridgehead atoms. The van der Waals surface area contributed by atoms with Gasteiger partial charge in [-0.15, -0.1) is 0 Å². The van der Waals surface area contributed by atoms with Crippen molar-refractivity contribution < 1.29 is 30.2 Å². The third-order valence-electron chi connectivity index (χ3n) is 22.5. The van der Waals surface area contributed by atoms with Gasteiger partial charge in [-0.05, 0) is 183 Å². The summed E-state index contributed by atoms with van der Waals surface area (Å²) in [6.45, 7) is 3.97. The molecular weight excluding hydrogens is 1340 g/mol. The first-order chi connectivity index (χ1) is 63.9. The van der Waals surface area contributed by atoms with Crippen LogP contribution in [0.3, 0.4) is 0 Å². The largest absolute Gasteiger partial charge is 0.309 e. The lowest BCUT2D eigenvalue weighted by Gasteiger charge is -2.45. The molecule has 0 radical (unpaired) electrons. The molecule has 0 fully saturated rings. The highest BCUT2D eigenvalue weighted by Gasteiger charge is 2.46. The Morgan fingerprint density at radius 1 is 0.279 bits per heavy atom. The number of hydrogen-bond acceptors (Lipinski definition) is 1. The van der Waals surface area contributed by atoms with Crippen LogP contribution in [0, 0.1) is 0 Å². The molecule has 0 spiro atoms. The van der Waals surface area contributed by atoms with Gasteiger partial charge in [0, 0.05) is 65.9 Å². The van der Waals surface area contributed by atoms with Gasteiger partial charge in [0.2, 0.25) is 0 Å². The van der Waals surface area contributed by atoms with E-state index in [-0.39, 0.29) is 128 Å². The standard InChI is InChI=1S/C106H71BN4/c1-106(2,3)74-64-97-101-98(65-74)111-103-86(69-37-14-7-15-38-69)61-73(67-33-10-5-11-34-67)63-88(103)79-45-19-18-43-77(79)78-44-20-21-50-84(78)100-96(109-93-53-28-24-48-82(93)83-49-25-29-54-94(83)109)58-56-90(105(100)111)107(101)89-55-57-95(108-91-51-26-22-46-80(91)81-47-23-27-52-92(81)108)99-71-40-30-39-70(59-71)75-41-16-17-42-76(75)87-62-72(66-31-8-4-9-32-66)60-85(68-35-12-6-13-36-68)102(87)110(97)104(89)99/h4-65H,1-3H3/i22D,23D,24D,25D,26D,27D,28D,29D,46D,47D,48D,49D,51D,52D,53D,54D,55D,56D,57D,58D,64D,65D. The lowest BCUT2D eigenvalue weighted by molar-refractivity contribution is 0.590. The van der Waals surface area contributed by atoms with Gasteiger partial charge < -0.3 is 18.6 Å². The molecule has 0 amide bonds. The molecule has 0 atom stereocenters. The molecular formula is C106H71BN4. The van der Waals surface area contributed by atoms with Crippen LogP contribution in [0.4, 0.5) is 17.1 Å². The van der Waals surface area contributed by atoms with Crippen LogP contribution in [0.1, 0.15) is 56.5 Å². The van der Waals surface area contributed by atoms with Crippen molar-refractivity contribution in [3.05, 3.63) is 381 Å². The molecule has 518 valence electrons. The Hall–Kier alpha value is -14.0. The van der Waals surface area contributed by atoms with Crippen LogP contribution < -0.4 is 21.3 Å². The molecule has 0 N–H and O–H groups in total. The van der Waals surface area contributed by atoms with E-state index in [2.05, 4.69) is 24.3 Å². The Morgan fingerprint density at radius 3 is 1.32 bits per heavy atom. The van der Waals surface area contributed by atoms with Gasteiger partial charge in [0.15, 0.2) is 0 Å². The highest BCUT2D eigenvalue weighted by Crippen LogP contribution is 2.57. The zero-order chi connectivity index (χ0) is 92.5. The van der Waals surface area contributed by atoms with Gasteiger partial charge in [-0.3, -0.25) is 0 Å². The van der Waals surface area contributed by atoms with Crippen LogP contribution in [-0.4, -0.2) is 20.4 Å². The van der Waals surface area contributed by atoms with Crippen molar-refractivity contribution in [3.8, 4) is 95.0 Å². The smallest absolute Gasteiger partial charge is 0.252 e. The van der Waals surface area contributed by atoms with E-state index >= 15 is 0 Å². The first kappa shape index (κ1) is 45.0. The number of fused-ring (bicyclic) bond motifs is 25. The average Bonchev–Trinajstić information content (AvgIpc) is 1.55. The van der Waals surface area contributed by atoms with Gasteiger partial charge in [0.05, 0.1) is 86.0 Å². The van der Waals surface area contributed by atoms with Crippen LogP contribution in [0.2, 0.25) is 0 Å². The van der Waals surface area contributed by atoms with Gasteiger partial charge in [-0.25, -0.2) is 0 Å². The number of nitrogens with zero attached hydrogens (tertiary/aromatic N) is 4. The number of benzene rings is 17. The molecule has 0 unspecified atom stereocenters. The third kappa shape index (κ3) is 9.36. The minimum absolute atomic E-state index is 0.0164. The van der Waals surface area contributed by atoms with Gasteiger partial charge in [0.25, 0.3) is 6.71 Å². The van der Waals surface area contributed by atoms with Crippen LogP contribution in [0.25, 0.3) is 182 Å². The van der Waals surface area contributed by atoms with Crippen molar-refractivity contribution in [2.24, 2.45) is 0 Å². The maximum absolute atomic E-state index is 12.1. The van der Waals surface area contributed by atoms with Crippen molar-refractivity contribution in [2.45, 2.75) is 26.2 Å². The van der Waals surface area contributed by atoms with E-state index in [4.69, 9.17) is 0 Å². The Balaban J connectivity index is 1.08. The van der Waals surface area contributed by atoms with E-state index in [1.54, 1.807) is 12.1 Å². The summed E-state index contributed by atoms with van der Waals surface area (Å²) < 4.78 is 233. The molecule has 23 rings (SSSR count). The number of para-hydroxylation sites is 4. The molecule has 6 heterocycles. The molecule has 0 saturated heterocycles. The molecule has 5 heteroatoms. The highest BCUT2D eigenvalue weighted by atomic mass is 15.2. The van der Waals surface area contributed by atoms with Crippen molar-refractivity contribution in [1.29, 1.82) is 0 Å². The van der Waals surface area contributed by atoms with Gasteiger partial charge >= 0.3 is 0 Å². The van der Waals surface area contributed by atoms with Crippen LogP contribution in [0.15, 0.2) is 376 Å². The molecule has 17 aromatic carbocycles. The van der Waals surface area contributed by atoms with E-state index in [1.165, 1.54) is 9.13 Å². The predicted molar refractivity (Wildman–Crippen MR) is 472 cm³/mol. The molecule has 4 nitrogen and oxygen atoms in total. The van der Waals surface area contributed by atoms with Crippen molar-refractivity contribution >= 4 is 127 Å². The van der Waals surface area contributed by atoms with Gasteiger partial charge in [-0.2, -0.15) is 0 Å². The maximum Gasteiger partial charge on any atom is 0.252 e. The number of aromatic nitrogens is 3. The second-order valence-corrected chi connectivity index (χ2v) is 29.6. The SMILES string of the molecule is [2H]c1c([2H])c(-n2c3c([2H])c([2H])c([2H])c([2H])c3c3c([2H])c([2H])c([2H])c([2H])c32)c2c3c1B1c4c(c([2H])c(C(C)(C)C)c([2H])c4-n4c5c(-c6ccccc6)cc(-c6ccccc6)cc5c5ccccc5c5ccccc5c5c(-n6c7c([2H])c([2H])c([2H])c([2H])c7c7c([2H])c([2H])c([2H])c([2H])c76)c([2H])c([2H])c1c54)N3c1c(-c3ccccc3)cc(-c3ccccc3)cc1-c1ccccc1-c1cccc-2c1. The van der Waals surface area contributed by atoms with Crippen LogP contribution in [-0.2, 0) is 5.41 Å². The van der Waals surface area contributed by atoms with Crippen LogP contribution in [0.5, 0.6) is 0 Å². The topological polar surface area (TPSA) is 18.0 Å². The summed E-state index contributed by atoms with van der Waals surface area (Å²) in [5.41, 5.74) is 5.91. The summed E-state index contributed by atoms with van der Waals surface area (Å²) >= 11 is 0. The summed E-state index contributed by atoms with van der Waals surface area (Å²) in [7, 11) is 0. The Bertz CT molecular complexity index is 8680. The van der Waals surface area contributed by atoms with E-state index < -0.39 is 133 Å². The fourth-order valence-corrected chi connectivity index (χ4v) is 17.8. The van der Waals surface area contributed by atoms with Crippen LogP contribution >= 0.6 is 0 Å². The second kappa shape index (κ2) is 24.3. The highest BCUT2D eigenvalue weighted by molar-refractivity contribution is 7.00. The van der Waals surface area contributed by atoms with Crippen molar-refractivity contribution in [1.82, 2.24) is 13.7 Å². The molecule has 20 aromatic rings. The molecule has 0 saturated carbocycles. The van der Waals surface area contributed by atoms with E-state index in [0.717, 1.165) is 22.3 Å². The monoisotopic (exact) mass is 1430 g/mol. The van der Waals surface area contributed by atoms with Crippen molar-refractivity contribution in [2.75, 3.05) is 4.90 Å². The maximum atomic E-state index is 12.1. The first-order valence-electron chi connectivity index (χ1n) is 48.1. The number of hydrogen-bond donors (Lipinski definition) is 0. The summed E-state index contributed by atoms with van der Waals surface area (Å²) in [6, 6.07) is 63.4. The number of rotatable bonds is 6. The van der Waals surface area contributed by atoms with Gasteiger partial charge in [-0.1, -0.05) is 318 Å². The fraction of sp³-hybridized carbons (Fsp3) is 0.0377. The molecule has 3 aromatic heterocycles. The Labute approximate surface area is 675 Å². The quantitative estimate of drug-likeness (QED) is 0.152. The van der Waals surface area contributed by atoms with Crippen molar-refractivity contribution in [3.63, 3.8) is 0 Å². The zero-order valence-corrected chi connectivity index (χ0v) is 60.0. The third-order valence-corrected chi connectivity index (χ3v) is 22.5. The summed E-state index contributed by atoms with van der Waals surface area (Å²) in [5, 5.41) is 1.32. The van der Waals surface area contributed by atoms with E-state index in [9.17, 15) is 30.2 Å². The summed E-state index contributed by atoms with van der Waals surface area (Å²) in [6.07, 6.45) is 0. The fourth-order valence-electron chi connectivity index (χ4n) is 17.8. The molecule has 111 heavy (non-hydrogen) atoms. The molecule has 0 aliphatic carbocycles.